The van der Waals surface area contributed by atoms with Crippen LogP contribution in [0.5, 0.6) is 0 Å². The lowest BCUT2D eigenvalue weighted by Gasteiger charge is -2.25. The third-order valence-corrected chi connectivity index (χ3v) is 2.40. The molecule has 0 rings (SSSR count). The number of hydrogen-bond donors (Lipinski definition) is 2. The molecular formula is C12H19N3O4. The average Bonchev–Trinajstić information content (AvgIpc) is 2.25. The molecule has 0 aromatic rings. The van der Waals surface area contributed by atoms with Gasteiger partial charge in [-0.05, 0) is 27.2 Å². The Hall–Kier alpha value is -1.97. The van der Waals surface area contributed by atoms with E-state index >= 15 is 0 Å². The van der Waals surface area contributed by atoms with E-state index in [9.17, 15) is 14.7 Å². The van der Waals surface area contributed by atoms with E-state index in [1.165, 1.54) is 0 Å². The lowest BCUT2D eigenvalue weighted by Crippen LogP contribution is -2.45. The molecule has 0 saturated heterocycles. The Balaban J connectivity index is 5.69. The van der Waals surface area contributed by atoms with E-state index in [1.54, 1.807) is 33.8 Å². The molecule has 7 nitrogen and oxygen atoms in total. The zero-order chi connectivity index (χ0) is 15.3. The van der Waals surface area contributed by atoms with E-state index in [-0.39, 0.29) is 6.42 Å². The zero-order valence-corrected chi connectivity index (χ0v) is 11.5. The molecular weight excluding hydrogens is 250 g/mol. The van der Waals surface area contributed by atoms with Crippen molar-refractivity contribution in [3.63, 3.8) is 0 Å². The molecule has 19 heavy (non-hydrogen) atoms. The van der Waals surface area contributed by atoms with Crippen LogP contribution in [-0.2, 0) is 9.59 Å². The summed E-state index contributed by atoms with van der Waals surface area (Å²) in [5.41, 5.74) is -2.73. The van der Waals surface area contributed by atoms with Crippen molar-refractivity contribution in [3.05, 3.63) is 0 Å². The van der Waals surface area contributed by atoms with E-state index in [0.29, 0.717) is 6.42 Å². The van der Waals surface area contributed by atoms with Crippen molar-refractivity contribution in [3.8, 4) is 6.07 Å². The molecule has 2 unspecified atom stereocenters. The smallest absolute Gasteiger partial charge is 0.332 e. The Morgan fingerprint density at radius 3 is 2.11 bits per heavy atom. The van der Waals surface area contributed by atoms with Crippen LogP contribution in [0.1, 0.15) is 40.5 Å². The van der Waals surface area contributed by atoms with Crippen LogP contribution in [0.2, 0.25) is 0 Å². The predicted octanol–water partition coefficient (Wildman–Crippen LogP) is 2.08. The lowest BCUT2D eigenvalue weighted by molar-refractivity contribution is -0.154. The molecule has 0 aliphatic carbocycles. The quantitative estimate of drug-likeness (QED) is 0.714. The highest BCUT2D eigenvalue weighted by atomic mass is 16.4. The SMILES string of the molecule is CCCC(C#N)(C(=O)O)C(N=NC(C)(C)C)C(=O)O. The summed E-state index contributed by atoms with van der Waals surface area (Å²) in [7, 11) is 0. The number of hydrogen-bond acceptors (Lipinski definition) is 5. The number of azo groups is 1. The standard InChI is InChI=1S/C12H19N3O4/c1-5-6-12(7-13,10(18)19)8(9(16)17)14-15-11(2,3)4/h8H,5-6H2,1-4H3,(H,16,17)(H,18,19). The summed E-state index contributed by atoms with van der Waals surface area (Å²) in [6.07, 6.45) is 0.258. The van der Waals surface area contributed by atoms with Gasteiger partial charge in [0, 0.05) is 0 Å². The van der Waals surface area contributed by atoms with Gasteiger partial charge in [0.25, 0.3) is 0 Å². The third-order valence-electron chi connectivity index (χ3n) is 2.40. The van der Waals surface area contributed by atoms with Crippen molar-refractivity contribution >= 4 is 11.9 Å². The van der Waals surface area contributed by atoms with Crippen molar-refractivity contribution < 1.29 is 19.8 Å². The van der Waals surface area contributed by atoms with E-state index in [1.807, 2.05) is 0 Å². The molecule has 0 radical (unpaired) electrons. The molecule has 7 heteroatoms. The summed E-state index contributed by atoms with van der Waals surface area (Å²) in [4.78, 5) is 22.6. The fourth-order valence-electron chi connectivity index (χ4n) is 1.51. The van der Waals surface area contributed by atoms with Gasteiger partial charge in [0.05, 0.1) is 11.6 Å². The van der Waals surface area contributed by atoms with Crippen LogP contribution in [0.3, 0.4) is 0 Å². The fraction of sp³-hybridized carbons (Fsp3) is 0.750. The van der Waals surface area contributed by atoms with Crippen LogP contribution in [0.25, 0.3) is 0 Å². The number of aliphatic carboxylic acids is 2. The average molecular weight is 269 g/mol. The summed E-state index contributed by atoms with van der Waals surface area (Å²) in [5.74, 6) is -2.96. The van der Waals surface area contributed by atoms with Crippen LogP contribution in [0, 0.1) is 16.7 Å². The summed E-state index contributed by atoms with van der Waals surface area (Å²) in [6, 6.07) is -0.114. The Kier molecular flexibility index (Phi) is 5.62. The first-order valence-electron chi connectivity index (χ1n) is 5.90. The number of nitrogens with zero attached hydrogens (tertiary/aromatic N) is 3. The highest BCUT2D eigenvalue weighted by Crippen LogP contribution is 2.31. The topological polar surface area (TPSA) is 123 Å². The summed E-state index contributed by atoms with van der Waals surface area (Å²) in [6.45, 7) is 6.77. The van der Waals surface area contributed by atoms with Crippen LogP contribution < -0.4 is 0 Å². The van der Waals surface area contributed by atoms with Gasteiger partial charge in [-0.2, -0.15) is 15.5 Å². The molecule has 0 heterocycles. The van der Waals surface area contributed by atoms with Crippen molar-refractivity contribution in [1.82, 2.24) is 0 Å². The molecule has 0 aliphatic heterocycles. The van der Waals surface area contributed by atoms with Crippen LogP contribution in [0.15, 0.2) is 10.2 Å². The van der Waals surface area contributed by atoms with Gasteiger partial charge < -0.3 is 10.2 Å². The van der Waals surface area contributed by atoms with Crippen molar-refractivity contribution in [2.45, 2.75) is 52.1 Å². The minimum Gasteiger partial charge on any atom is -0.480 e. The molecule has 0 aliphatic rings. The maximum atomic E-state index is 11.3. The van der Waals surface area contributed by atoms with Gasteiger partial charge in [0.15, 0.2) is 11.5 Å². The monoisotopic (exact) mass is 269 g/mol. The summed E-state index contributed by atoms with van der Waals surface area (Å²) < 4.78 is 0. The minimum atomic E-state index is -2.09. The number of carboxylic acids is 2. The molecule has 0 saturated carbocycles. The van der Waals surface area contributed by atoms with Gasteiger partial charge in [-0.1, -0.05) is 13.3 Å². The maximum absolute atomic E-state index is 11.3. The second-order valence-electron chi connectivity index (χ2n) is 5.27. The predicted molar refractivity (Wildman–Crippen MR) is 66.6 cm³/mol. The molecule has 106 valence electrons. The Labute approximate surface area is 112 Å². The second kappa shape index (κ2) is 6.27. The largest absolute Gasteiger partial charge is 0.480 e. The first-order chi connectivity index (χ1) is 8.60. The van der Waals surface area contributed by atoms with E-state index < -0.39 is 28.9 Å². The zero-order valence-electron chi connectivity index (χ0n) is 11.5. The normalized spacial score (nSPS) is 16.6. The number of carboxylic acid groups (broad SMARTS) is 2. The highest BCUT2D eigenvalue weighted by Gasteiger charge is 2.50. The molecule has 0 amide bonds. The van der Waals surface area contributed by atoms with Gasteiger partial charge in [0.1, 0.15) is 0 Å². The lowest BCUT2D eigenvalue weighted by atomic mass is 9.78. The van der Waals surface area contributed by atoms with Gasteiger partial charge >= 0.3 is 11.9 Å². The molecule has 0 fully saturated rings. The highest BCUT2D eigenvalue weighted by molar-refractivity contribution is 5.88. The van der Waals surface area contributed by atoms with Crippen LogP contribution in [-0.4, -0.2) is 33.7 Å². The van der Waals surface area contributed by atoms with Gasteiger partial charge in [-0.3, -0.25) is 4.79 Å². The van der Waals surface area contributed by atoms with Gasteiger partial charge in [-0.15, -0.1) is 0 Å². The second-order valence-corrected chi connectivity index (χ2v) is 5.27. The molecule has 0 spiro atoms. The van der Waals surface area contributed by atoms with Gasteiger partial charge in [0.2, 0.25) is 0 Å². The van der Waals surface area contributed by atoms with Crippen molar-refractivity contribution in [2.24, 2.45) is 15.6 Å². The molecule has 0 bridgehead atoms. The molecule has 2 atom stereocenters. The van der Waals surface area contributed by atoms with Crippen molar-refractivity contribution in [2.75, 3.05) is 0 Å². The van der Waals surface area contributed by atoms with Crippen LogP contribution in [0.4, 0.5) is 0 Å². The van der Waals surface area contributed by atoms with E-state index in [0.717, 1.165) is 0 Å². The first kappa shape index (κ1) is 17.0. The molecule has 0 aromatic carbocycles. The maximum Gasteiger partial charge on any atom is 0.332 e. The Bertz CT molecular complexity index is 420. The third kappa shape index (κ3) is 4.32. The summed E-state index contributed by atoms with van der Waals surface area (Å²) >= 11 is 0. The Morgan fingerprint density at radius 1 is 1.32 bits per heavy atom. The Morgan fingerprint density at radius 2 is 1.84 bits per heavy atom. The first-order valence-corrected chi connectivity index (χ1v) is 5.90. The molecule has 2 N–H and O–H groups in total. The number of rotatable bonds is 6. The molecule has 0 aromatic heterocycles. The van der Waals surface area contributed by atoms with E-state index in [4.69, 9.17) is 10.4 Å². The van der Waals surface area contributed by atoms with Crippen molar-refractivity contribution in [1.29, 1.82) is 5.26 Å². The minimum absolute atomic E-state index is 0.0983. The summed E-state index contributed by atoms with van der Waals surface area (Å²) in [5, 5.41) is 34.9. The van der Waals surface area contributed by atoms with E-state index in [2.05, 4.69) is 10.2 Å². The van der Waals surface area contributed by atoms with Crippen LogP contribution >= 0.6 is 0 Å². The fourth-order valence-corrected chi connectivity index (χ4v) is 1.51. The number of carbonyl (C=O) groups is 2. The van der Waals surface area contributed by atoms with Gasteiger partial charge in [-0.25, -0.2) is 4.79 Å². The number of nitriles is 1.